The summed E-state index contributed by atoms with van der Waals surface area (Å²) in [6.45, 7) is 6.49. The molecule has 0 radical (unpaired) electrons. The minimum atomic E-state index is -0.0363. The summed E-state index contributed by atoms with van der Waals surface area (Å²) >= 11 is 2.01. The van der Waals surface area contributed by atoms with Gasteiger partial charge in [-0.05, 0) is 36.8 Å². The normalized spacial score (nSPS) is 12.2. The minimum absolute atomic E-state index is 0.0363. The summed E-state index contributed by atoms with van der Waals surface area (Å²) in [5.41, 5.74) is 1.67. The fraction of sp³-hybridized carbons (Fsp3) is 0.333. The van der Waals surface area contributed by atoms with E-state index in [1.54, 1.807) is 0 Å². The molecule has 0 bridgehead atoms. The summed E-state index contributed by atoms with van der Waals surface area (Å²) in [6.07, 6.45) is 0. The molecule has 18 heavy (non-hydrogen) atoms. The molecule has 92 valence electrons. The number of hydrogen-bond donors (Lipinski definition) is 0. The first-order valence-corrected chi connectivity index (χ1v) is 6.66. The third-order valence-electron chi connectivity index (χ3n) is 2.28. The Balaban J connectivity index is 2.53. The molecule has 0 aliphatic carbocycles. The van der Waals surface area contributed by atoms with E-state index in [0.29, 0.717) is 5.75 Å². The molecular weight excluding hydrogens is 339 g/mol. The van der Waals surface area contributed by atoms with Gasteiger partial charge in [0.25, 0.3) is 0 Å². The van der Waals surface area contributed by atoms with Gasteiger partial charge < -0.3 is 9.47 Å². The maximum Gasteiger partial charge on any atom is 0.231 e. The number of ether oxygens (including phenoxy) is 2. The molecule has 1 heterocycles. The molecule has 1 aromatic carbocycles. The molecular formula is C15H13IO2. The fourth-order valence-corrected chi connectivity index (χ4v) is 1.77. The van der Waals surface area contributed by atoms with Crippen LogP contribution in [0.15, 0.2) is 12.1 Å². The van der Waals surface area contributed by atoms with Crippen LogP contribution in [0.5, 0.6) is 11.5 Å². The van der Waals surface area contributed by atoms with E-state index in [0.717, 1.165) is 16.9 Å². The van der Waals surface area contributed by atoms with Crippen LogP contribution in [0.1, 0.15) is 31.9 Å². The first-order valence-electron chi connectivity index (χ1n) is 5.59. The van der Waals surface area contributed by atoms with Crippen LogP contribution in [0.4, 0.5) is 0 Å². The van der Waals surface area contributed by atoms with Crippen molar-refractivity contribution in [3.8, 4) is 33.2 Å². The fourth-order valence-electron chi connectivity index (χ4n) is 1.50. The second-order valence-electron chi connectivity index (χ2n) is 4.94. The van der Waals surface area contributed by atoms with Crippen molar-refractivity contribution in [2.24, 2.45) is 5.41 Å². The maximum absolute atomic E-state index is 5.46. The van der Waals surface area contributed by atoms with Crippen molar-refractivity contribution in [3.63, 3.8) is 0 Å². The summed E-state index contributed by atoms with van der Waals surface area (Å²) in [5.74, 6) is 10.9. The highest BCUT2D eigenvalue weighted by atomic mass is 127. The zero-order valence-corrected chi connectivity index (χ0v) is 12.7. The van der Waals surface area contributed by atoms with Gasteiger partial charge in [0.05, 0.1) is 5.56 Å². The van der Waals surface area contributed by atoms with Gasteiger partial charge in [-0.1, -0.05) is 17.8 Å². The van der Waals surface area contributed by atoms with Crippen LogP contribution in [-0.4, -0.2) is 6.79 Å². The standard InChI is InChI=1S/C15H13IO2/c1-15(2,3)8-6-11-4-5-13-14(18-10-17-13)12(11)7-9-16/h4-5H,10H2,1-3H3. The summed E-state index contributed by atoms with van der Waals surface area (Å²) in [7, 11) is 0. The minimum Gasteiger partial charge on any atom is -0.454 e. The molecule has 1 aromatic rings. The van der Waals surface area contributed by atoms with Crippen LogP contribution < -0.4 is 9.47 Å². The highest BCUT2D eigenvalue weighted by Gasteiger charge is 2.19. The molecule has 0 spiro atoms. The van der Waals surface area contributed by atoms with Crippen LogP contribution in [0.2, 0.25) is 0 Å². The highest BCUT2D eigenvalue weighted by molar-refractivity contribution is 14.1. The first kappa shape index (κ1) is 13.1. The van der Waals surface area contributed by atoms with Crippen LogP contribution in [0, 0.1) is 27.1 Å². The van der Waals surface area contributed by atoms with E-state index < -0.39 is 0 Å². The van der Waals surface area contributed by atoms with Crippen LogP contribution >= 0.6 is 22.6 Å². The Morgan fingerprint density at radius 3 is 2.61 bits per heavy atom. The molecule has 0 amide bonds. The summed E-state index contributed by atoms with van der Waals surface area (Å²) in [5, 5.41) is 0. The second kappa shape index (κ2) is 5.12. The summed E-state index contributed by atoms with van der Waals surface area (Å²) in [6, 6.07) is 3.82. The molecule has 0 saturated carbocycles. The zero-order chi connectivity index (χ0) is 13.2. The molecule has 0 aromatic heterocycles. The molecule has 0 atom stereocenters. The smallest absolute Gasteiger partial charge is 0.231 e. The van der Waals surface area contributed by atoms with Gasteiger partial charge in [-0.25, -0.2) is 0 Å². The number of fused-ring (bicyclic) bond motifs is 1. The monoisotopic (exact) mass is 352 g/mol. The van der Waals surface area contributed by atoms with Crippen molar-refractivity contribution in [1.82, 2.24) is 0 Å². The van der Waals surface area contributed by atoms with Gasteiger partial charge in [-0.15, -0.1) is 0 Å². The Morgan fingerprint density at radius 1 is 1.17 bits per heavy atom. The molecule has 0 N–H and O–H groups in total. The third-order valence-corrected chi connectivity index (χ3v) is 2.55. The van der Waals surface area contributed by atoms with Gasteiger partial charge in [0.1, 0.15) is 0 Å². The predicted molar refractivity (Wildman–Crippen MR) is 79.8 cm³/mol. The average Bonchev–Trinajstić information content (AvgIpc) is 2.75. The average molecular weight is 352 g/mol. The number of rotatable bonds is 0. The molecule has 2 nitrogen and oxygen atoms in total. The Bertz CT molecular complexity index is 589. The van der Waals surface area contributed by atoms with Gasteiger partial charge in [0.15, 0.2) is 11.5 Å². The van der Waals surface area contributed by atoms with Gasteiger partial charge in [0, 0.05) is 33.6 Å². The molecule has 0 fully saturated rings. The van der Waals surface area contributed by atoms with Crippen molar-refractivity contribution in [3.05, 3.63) is 23.3 Å². The van der Waals surface area contributed by atoms with Crippen LogP contribution in [0.3, 0.4) is 0 Å². The topological polar surface area (TPSA) is 18.5 Å². The van der Waals surface area contributed by atoms with E-state index in [2.05, 4.69) is 42.5 Å². The van der Waals surface area contributed by atoms with E-state index in [4.69, 9.17) is 9.47 Å². The van der Waals surface area contributed by atoms with E-state index in [1.807, 2.05) is 34.7 Å². The third kappa shape index (κ3) is 2.91. The molecule has 0 saturated heterocycles. The lowest BCUT2D eigenvalue weighted by atomic mass is 9.96. The van der Waals surface area contributed by atoms with Crippen molar-refractivity contribution in [2.75, 3.05) is 6.79 Å². The van der Waals surface area contributed by atoms with Gasteiger partial charge in [0.2, 0.25) is 6.79 Å². The number of hydrogen-bond acceptors (Lipinski definition) is 2. The Kier molecular flexibility index (Phi) is 3.73. The van der Waals surface area contributed by atoms with E-state index in [1.165, 1.54) is 0 Å². The zero-order valence-electron chi connectivity index (χ0n) is 10.6. The van der Waals surface area contributed by atoms with E-state index in [9.17, 15) is 0 Å². The largest absolute Gasteiger partial charge is 0.454 e. The molecule has 1 aliphatic heterocycles. The lowest BCUT2D eigenvalue weighted by Gasteiger charge is -2.07. The van der Waals surface area contributed by atoms with Gasteiger partial charge >= 0.3 is 0 Å². The van der Waals surface area contributed by atoms with Gasteiger partial charge in [-0.2, -0.15) is 0 Å². The van der Waals surface area contributed by atoms with Crippen molar-refractivity contribution < 1.29 is 9.47 Å². The second-order valence-corrected chi connectivity index (χ2v) is 5.48. The molecule has 1 aliphatic rings. The van der Waals surface area contributed by atoms with Crippen LogP contribution in [0.25, 0.3) is 0 Å². The molecule has 2 rings (SSSR count). The molecule has 3 heteroatoms. The van der Waals surface area contributed by atoms with Gasteiger partial charge in [-0.3, -0.25) is 0 Å². The Morgan fingerprint density at radius 2 is 1.94 bits per heavy atom. The Hall–Kier alpha value is -1.33. The summed E-state index contributed by atoms with van der Waals surface area (Å²) < 4.78 is 13.7. The van der Waals surface area contributed by atoms with E-state index >= 15 is 0 Å². The Labute approximate surface area is 121 Å². The maximum atomic E-state index is 5.46. The predicted octanol–water partition coefficient (Wildman–Crippen LogP) is 3.56. The SMILES string of the molecule is CC(C)(C)C#Cc1ccc2c(c1C#CI)OCO2. The van der Waals surface area contributed by atoms with Crippen molar-refractivity contribution >= 4 is 22.6 Å². The lowest BCUT2D eigenvalue weighted by molar-refractivity contribution is 0.173. The van der Waals surface area contributed by atoms with E-state index in [-0.39, 0.29) is 12.2 Å². The quantitative estimate of drug-likeness (QED) is 0.525. The first-order chi connectivity index (χ1) is 8.51. The number of benzene rings is 1. The highest BCUT2D eigenvalue weighted by Crippen LogP contribution is 2.37. The van der Waals surface area contributed by atoms with Crippen molar-refractivity contribution in [1.29, 1.82) is 0 Å². The molecule has 0 unspecified atom stereocenters. The van der Waals surface area contributed by atoms with Crippen LogP contribution in [-0.2, 0) is 0 Å². The van der Waals surface area contributed by atoms with Crippen molar-refractivity contribution in [2.45, 2.75) is 20.8 Å². The summed E-state index contributed by atoms with van der Waals surface area (Å²) in [4.78, 5) is 0. The lowest BCUT2D eigenvalue weighted by Crippen LogP contribution is -1.99. The number of halogens is 1.